The fourth-order valence-electron chi connectivity index (χ4n) is 7.82. The zero-order valence-electron chi connectivity index (χ0n) is 19.5. The van der Waals surface area contributed by atoms with Gasteiger partial charge in [-0.1, -0.05) is 60.3 Å². The molecule has 0 amide bonds. The predicted molar refractivity (Wildman–Crippen MR) is 118 cm³/mol. The van der Waals surface area contributed by atoms with Crippen LogP contribution < -0.4 is 0 Å². The van der Waals surface area contributed by atoms with Gasteiger partial charge in [-0.05, 0) is 73.5 Å². The lowest BCUT2D eigenvalue weighted by Gasteiger charge is -2.53. The van der Waals surface area contributed by atoms with Crippen molar-refractivity contribution in [2.75, 3.05) is 0 Å². The van der Waals surface area contributed by atoms with Gasteiger partial charge in [-0.2, -0.15) is 0 Å². The van der Waals surface area contributed by atoms with Crippen LogP contribution in [-0.4, -0.2) is 16.9 Å². The van der Waals surface area contributed by atoms with Crippen LogP contribution in [0, 0.1) is 46.3 Å². The maximum absolute atomic E-state index is 12.9. The molecule has 0 spiro atoms. The molecule has 0 aromatic heterocycles. The van der Waals surface area contributed by atoms with Crippen LogP contribution in [0.3, 0.4) is 0 Å². The van der Waals surface area contributed by atoms with Gasteiger partial charge >= 0.3 is 5.97 Å². The molecular formula is C26H44O3. The van der Waals surface area contributed by atoms with Crippen LogP contribution >= 0.6 is 0 Å². The highest BCUT2D eigenvalue weighted by Crippen LogP contribution is 2.64. The van der Waals surface area contributed by atoms with Crippen molar-refractivity contribution >= 4 is 11.8 Å². The highest BCUT2D eigenvalue weighted by Gasteiger charge is 2.60. The predicted octanol–water partition coefficient (Wildman–Crippen LogP) is 6.74. The van der Waals surface area contributed by atoms with Gasteiger partial charge in [-0.25, -0.2) is 0 Å². The molecule has 0 bridgehead atoms. The van der Waals surface area contributed by atoms with Gasteiger partial charge in [0.1, 0.15) is 5.78 Å². The van der Waals surface area contributed by atoms with Crippen molar-refractivity contribution in [2.45, 2.75) is 105 Å². The summed E-state index contributed by atoms with van der Waals surface area (Å²) in [6, 6.07) is 0. The molecule has 29 heavy (non-hydrogen) atoms. The summed E-state index contributed by atoms with van der Waals surface area (Å²) >= 11 is 0. The Balaban J connectivity index is 1.79. The Labute approximate surface area is 178 Å². The Morgan fingerprint density at radius 2 is 1.76 bits per heavy atom. The second kappa shape index (κ2) is 8.71. The van der Waals surface area contributed by atoms with Crippen molar-refractivity contribution in [3.05, 3.63) is 0 Å². The van der Waals surface area contributed by atoms with Crippen molar-refractivity contribution in [1.29, 1.82) is 0 Å². The van der Waals surface area contributed by atoms with E-state index in [2.05, 4.69) is 34.6 Å². The largest absolute Gasteiger partial charge is 0.481 e. The van der Waals surface area contributed by atoms with Crippen molar-refractivity contribution in [3.63, 3.8) is 0 Å². The number of rotatable bonds is 7. The first-order valence-corrected chi connectivity index (χ1v) is 12.4. The molecule has 166 valence electrons. The molecule has 3 saturated carbocycles. The summed E-state index contributed by atoms with van der Waals surface area (Å²) in [4.78, 5) is 25.5. The molecule has 0 heterocycles. The third kappa shape index (κ3) is 4.17. The van der Waals surface area contributed by atoms with Crippen molar-refractivity contribution < 1.29 is 14.7 Å². The number of carboxylic acids is 1. The molecule has 0 aliphatic heterocycles. The maximum atomic E-state index is 12.9. The van der Waals surface area contributed by atoms with Gasteiger partial charge in [0, 0.05) is 11.8 Å². The Bertz CT molecular complexity index is 611. The lowest BCUT2D eigenvalue weighted by Crippen LogP contribution is -2.52. The molecule has 0 aromatic rings. The number of carbonyl (C=O) groups excluding carboxylic acids is 1. The zero-order valence-corrected chi connectivity index (χ0v) is 19.5. The van der Waals surface area contributed by atoms with E-state index in [9.17, 15) is 14.7 Å². The minimum absolute atomic E-state index is 0.0286. The number of Topliss-reactive ketones (excluding diaryl/α,β-unsaturated/α-hetero) is 1. The molecule has 7 atom stereocenters. The second-order valence-corrected chi connectivity index (χ2v) is 11.7. The molecule has 1 N–H and O–H groups in total. The standard InChI is InChI=1S/C26H44O3/c1-17(2)9-8-10-18(3)19-12-13-20-23(24(28)29)21(14-16-25(19,20)4)26(5)15-7-6-11-22(26)27/h17-21,23H,6-16H2,1-5H3,(H,28,29)/t18-,19-,20+,21+,23-,25-,26-/m1/s1. The second-order valence-electron chi connectivity index (χ2n) is 11.7. The number of carbonyl (C=O) groups is 2. The van der Waals surface area contributed by atoms with E-state index in [1.807, 2.05) is 0 Å². The third-order valence-electron chi connectivity index (χ3n) is 9.56. The minimum atomic E-state index is -0.640. The van der Waals surface area contributed by atoms with E-state index >= 15 is 0 Å². The van der Waals surface area contributed by atoms with Crippen LogP contribution in [0.25, 0.3) is 0 Å². The van der Waals surface area contributed by atoms with E-state index in [4.69, 9.17) is 0 Å². The smallest absolute Gasteiger partial charge is 0.307 e. The minimum Gasteiger partial charge on any atom is -0.481 e. The topological polar surface area (TPSA) is 54.4 Å². The van der Waals surface area contributed by atoms with Gasteiger partial charge in [0.05, 0.1) is 5.92 Å². The molecule has 3 aliphatic carbocycles. The molecule has 0 saturated heterocycles. The van der Waals surface area contributed by atoms with Crippen molar-refractivity contribution in [1.82, 2.24) is 0 Å². The Kier molecular flexibility index (Phi) is 6.85. The molecule has 0 aromatic carbocycles. The summed E-state index contributed by atoms with van der Waals surface area (Å²) in [5.41, 5.74) is -0.283. The quantitative estimate of drug-likeness (QED) is 0.511. The first kappa shape index (κ1) is 22.8. The van der Waals surface area contributed by atoms with E-state index in [0.29, 0.717) is 24.0 Å². The van der Waals surface area contributed by atoms with Crippen molar-refractivity contribution in [3.8, 4) is 0 Å². The van der Waals surface area contributed by atoms with Crippen LogP contribution in [0.1, 0.15) is 105 Å². The molecule has 3 aliphatic rings. The number of aliphatic carboxylic acids is 1. The summed E-state index contributed by atoms with van der Waals surface area (Å²) in [5.74, 6) is 1.69. The van der Waals surface area contributed by atoms with Crippen LogP contribution in [0.4, 0.5) is 0 Å². The van der Waals surface area contributed by atoms with Crippen LogP contribution in [-0.2, 0) is 9.59 Å². The van der Waals surface area contributed by atoms with Crippen LogP contribution in [0.15, 0.2) is 0 Å². The van der Waals surface area contributed by atoms with Crippen LogP contribution in [0.5, 0.6) is 0 Å². The molecule has 0 radical (unpaired) electrons. The monoisotopic (exact) mass is 404 g/mol. The Morgan fingerprint density at radius 1 is 1.03 bits per heavy atom. The van der Waals surface area contributed by atoms with E-state index in [-0.39, 0.29) is 23.2 Å². The summed E-state index contributed by atoms with van der Waals surface area (Å²) < 4.78 is 0. The first-order valence-electron chi connectivity index (χ1n) is 12.4. The summed E-state index contributed by atoms with van der Waals surface area (Å²) in [7, 11) is 0. The SMILES string of the molecule is CC(C)CCC[C@@H](C)[C@H]1CC[C@H]2[C@@H](C(=O)O)[C@@H]([C@@]3(C)CCCCC3=O)CC[C@]12C. The summed E-state index contributed by atoms with van der Waals surface area (Å²) in [6.07, 6.45) is 11.7. The highest BCUT2D eigenvalue weighted by molar-refractivity contribution is 5.86. The average molecular weight is 405 g/mol. The fourth-order valence-corrected chi connectivity index (χ4v) is 7.82. The van der Waals surface area contributed by atoms with Crippen molar-refractivity contribution in [2.24, 2.45) is 46.3 Å². The van der Waals surface area contributed by atoms with Gasteiger partial charge in [0.25, 0.3) is 0 Å². The fraction of sp³-hybridized carbons (Fsp3) is 0.923. The number of ketones is 1. The van der Waals surface area contributed by atoms with Gasteiger partial charge in [0.2, 0.25) is 0 Å². The molecule has 3 rings (SSSR count). The number of hydrogen-bond acceptors (Lipinski definition) is 2. The molecular weight excluding hydrogens is 360 g/mol. The Hall–Kier alpha value is -0.860. The Morgan fingerprint density at radius 3 is 2.38 bits per heavy atom. The van der Waals surface area contributed by atoms with E-state index in [0.717, 1.165) is 44.4 Å². The van der Waals surface area contributed by atoms with E-state index in [1.165, 1.54) is 25.7 Å². The summed E-state index contributed by atoms with van der Waals surface area (Å²) in [5, 5.41) is 10.3. The third-order valence-corrected chi connectivity index (χ3v) is 9.56. The van der Waals surface area contributed by atoms with E-state index < -0.39 is 11.4 Å². The number of carboxylic acid groups (broad SMARTS) is 1. The maximum Gasteiger partial charge on any atom is 0.307 e. The van der Waals surface area contributed by atoms with Gasteiger partial charge in [-0.3, -0.25) is 9.59 Å². The highest BCUT2D eigenvalue weighted by atomic mass is 16.4. The zero-order chi connectivity index (χ0) is 21.4. The van der Waals surface area contributed by atoms with Gasteiger partial charge < -0.3 is 5.11 Å². The first-order chi connectivity index (χ1) is 13.6. The number of hydrogen-bond donors (Lipinski definition) is 1. The summed E-state index contributed by atoms with van der Waals surface area (Å²) in [6.45, 7) is 11.5. The normalized spacial score (nSPS) is 41.4. The van der Waals surface area contributed by atoms with Gasteiger partial charge in [0.15, 0.2) is 0 Å². The average Bonchev–Trinajstić information content (AvgIpc) is 2.99. The molecule has 3 fully saturated rings. The molecule has 3 heteroatoms. The van der Waals surface area contributed by atoms with Crippen LogP contribution in [0.2, 0.25) is 0 Å². The lowest BCUT2D eigenvalue weighted by atomic mass is 9.50. The lowest BCUT2D eigenvalue weighted by molar-refractivity contribution is -0.161. The molecule has 3 nitrogen and oxygen atoms in total. The van der Waals surface area contributed by atoms with E-state index in [1.54, 1.807) is 0 Å². The number of fused-ring (bicyclic) bond motifs is 1. The molecule has 0 unspecified atom stereocenters. The van der Waals surface area contributed by atoms with Gasteiger partial charge in [-0.15, -0.1) is 0 Å².